The molecule has 0 aliphatic carbocycles. The van der Waals surface area contributed by atoms with Crippen molar-refractivity contribution >= 4 is 33.9 Å². The first-order chi connectivity index (χ1) is 19.0. The lowest BCUT2D eigenvalue weighted by Crippen LogP contribution is -2.20. The number of thiazole rings is 1. The number of aryl methyl sites for hydroxylation is 2. The zero-order valence-electron chi connectivity index (χ0n) is 21.7. The van der Waals surface area contributed by atoms with Gasteiger partial charge in [0.05, 0.1) is 34.3 Å². The molecular formula is C29H27N7O2S. The first kappa shape index (κ1) is 25.8. The summed E-state index contributed by atoms with van der Waals surface area (Å²) in [5, 5.41) is 9.73. The van der Waals surface area contributed by atoms with E-state index < -0.39 is 6.03 Å². The maximum atomic E-state index is 12.7. The number of amides is 2. The Balaban J connectivity index is 1.20. The average molecular weight is 538 g/mol. The van der Waals surface area contributed by atoms with Crippen molar-refractivity contribution in [1.29, 1.82) is 0 Å². The van der Waals surface area contributed by atoms with E-state index in [9.17, 15) is 4.79 Å². The summed E-state index contributed by atoms with van der Waals surface area (Å²) in [7, 11) is 0. The van der Waals surface area contributed by atoms with Crippen molar-refractivity contribution in [2.75, 3.05) is 22.5 Å². The Morgan fingerprint density at radius 2 is 1.64 bits per heavy atom. The minimum atomic E-state index is -0.429. The van der Waals surface area contributed by atoms with Crippen molar-refractivity contribution in [3.63, 3.8) is 0 Å². The number of hydrogen-bond acceptors (Lipinski definition) is 8. The molecule has 10 heteroatoms. The van der Waals surface area contributed by atoms with E-state index in [-0.39, 0.29) is 6.01 Å². The second-order valence-corrected chi connectivity index (χ2v) is 9.75. The first-order valence-electron chi connectivity index (χ1n) is 12.4. The third-order valence-corrected chi connectivity index (χ3v) is 6.91. The van der Waals surface area contributed by atoms with Crippen molar-refractivity contribution in [3.05, 3.63) is 90.5 Å². The number of nitrogens with one attached hydrogen (secondary N) is 3. The largest absolute Gasteiger partial charge is 0.424 e. The van der Waals surface area contributed by atoms with Crippen LogP contribution < -0.4 is 20.7 Å². The molecule has 0 aliphatic heterocycles. The molecule has 5 aromatic rings. The zero-order chi connectivity index (χ0) is 27.2. The van der Waals surface area contributed by atoms with E-state index in [0.29, 0.717) is 22.8 Å². The van der Waals surface area contributed by atoms with Crippen molar-refractivity contribution in [1.82, 2.24) is 19.9 Å². The molecular weight excluding hydrogens is 510 g/mol. The molecule has 0 saturated heterocycles. The van der Waals surface area contributed by atoms with Gasteiger partial charge in [-0.15, -0.1) is 0 Å². The number of benzene rings is 2. The van der Waals surface area contributed by atoms with Crippen molar-refractivity contribution in [3.8, 4) is 33.5 Å². The summed E-state index contributed by atoms with van der Waals surface area (Å²) < 4.78 is 5.77. The van der Waals surface area contributed by atoms with Gasteiger partial charge in [-0.25, -0.2) is 19.7 Å². The Bertz CT molecular complexity index is 1580. The third kappa shape index (κ3) is 6.36. The van der Waals surface area contributed by atoms with E-state index in [2.05, 4.69) is 48.9 Å². The summed E-state index contributed by atoms with van der Waals surface area (Å²) in [4.78, 5) is 31.0. The van der Waals surface area contributed by atoms with Crippen LogP contribution in [0.15, 0.2) is 79.4 Å². The second kappa shape index (κ2) is 11.7. The highest BCUT2D eigenvalue weighted by atomic mass is 32.1. The summed E-state index contributed by atoms with van der Waals surface area (Å²) in [6.45, 7) is 6.98. The quantitative estimate of drug-likeness (QED) is 0.193. The minimum absolute atomic E-state index is 0.171. The molecule has 3 N–H and O–H groups in total. The van der Waals surface area contributed by atoms with Crippen LogP contribution in [0.2, 0.25) is 0 Å². The molecule has 0 fully saturated rings. The molecule has 3 heterocycles. The fraction of sp³-hybridized carbons (Fsp3) is 0.138. The molecule has 9 nitrogen and oxygen atoms in total. The Morgan fingerprint density at radius 1 is 0.872 bits per heavy atom. The lowest BCUT2D eigenvalue weighted by Gasteiger charge is -2.12. The first-order valence-corrected chi connectivity index (χ1v) is 13.2. The van der Waals surface area contributed by atoms with Crippen molar-refractivity contribution in [2.24, 2.45) is 0 Å². The highest BCUT2D eigenvalue weighted by Crippen LogP contribution is 2.31. The van der Waals surface area contributed by atoms with Crippen LogP contribution in [0.5, 0.6) is 11.8 Å². The minimum Gasteiger partial charge on any atom is -0.424 e. The van der Waals surface area contributed by atoms with Crippen LogP contribution in [-0.4, -0.2) is 32.5 Å². The van der Waals surface area contributed by atoms with Crippen LogP contribution in [0.1, 0.15) is 18.1 Å². The summed E-state index contributed by atoms with van der Waals surface area (Å²) in [6, 6.07) is 17.1. The predicted octanol–water partition coefficient (Wildman–Crippen LogP) is 7.15. The van der Waals surface area contributed by atoms with E-state index in [0.717, 1.165) is 33.2 Å². The molecule has 5 rings (SSSR count). The second-order valence-electron chi connectivity index (χ2n) is 8.72. The van der Waals surface area contributed by atoms with Gasteiger partial charge in [0.15, 0.2) is 5.13 Å². The van der Waals surface area contributed by atoms with Gasteiger partial charge in [0.25, 0.3) is 0 Å². The number of ether oxygens (including phenoxy) is 1. The number of nitrogens with zero attached hydrogens (tertiary/aromatic N) is 4. The molecule has 0 saturated carbocycles. The number of pyridine rings is 1. The van der Waals surface area contributed by atoms with Crippen LogP contribution >= 0.6 is 11.3 Å². The molecule has 2 aromatic carbocycles. The number of aromatic nitrogens is 4. The Morgan fingerprint density at radius 3 is 2.38 bits per heavy atom. The Hall–Kier alpha value is -4.83. The molecule has 2 amide bonds. The molecule has 196 valence electrons. The number of carbonyl (C=O) groups is 1. The van der Waals surface area contributed by atoms with Crippen molar-refractivity contribution < 1.29 is 9.53 Å². The topological polar surface area (TPSA) is 114 Å². The van der Waals surface area contributed by atoms with Gasteiger partial charge in [-0.3, -0.25) is 4.98 Å². The van der Waals surface area contributed by atoms with Gasteiger partial charge in [-0.05, 0) is 79.9 Å². The molecule has 0 bridgehead atoms. The smallest absolute Gasteiger partial charge is 0.323 e. The third-order valence-electron chi connectivity index (χ3n) is 5.90. The van der Waals surface area contributed by atoms with Crippen LogP contribution in [0, 0.1) is 13.8 Å². The lowest BCUT2D eigenvalue weighted by atomic mass is 10.0. The van der Waals surface area contributed by atoms with Crippen molar-refractivity contribution in [2.45, 2.75) is 20.8 Å². The van der Waals surface area contributed by atoms with Gasteiger partial charge < -0.3 is 20.7 Å². The molecule has 0 atom stereocenters. The van der Waals surface area contributed by atoms with Crippen LogP contribution in [-0.2, 0) is 0 Å². The highest BCUT2D eigenvalue weighted by molar-refractivity contribution is 7.18. The number of anilines is 3. The summed E-state index contributed by atoms with van der Waals surface area (Å²) in [5.74, 6) is 0.601. The van der Waals surface area contributed by atoms with Gasteiger partial charge in [0.1, 0.15) is 5.75 Å². The summed E-state index contributed by atoms with van der Waals surface area (Å²) in [5.41, 5.74) is 6.03. The maximum absolute atomic E-state index is 12.7. The summed E-state index contributed by atoms with van der Waals surface area (Å²) >= 11 is 1.60. The SMILES string of the molecule is CCNc1ncc(-c2ccc(Oc3ncc(NC(=O)Nc4cccnc4-c4ccc(C)c(C)c4)cn3)cc2)s1. The Kier molecular flexibility index (Phi) is 7.74. The molecule has 0 spiro atoms. The van der Waals surface area contributed by atoms with Gasteiger partial charge in [-0.2, -0.15) is 0 Å². The standard InChI is InChI=1S/C29H27N7O2S/c1-4-30-29-34-17-25(39-29)20-9-11-23(12-10-20)38-28-32-15-22(16-33-28)35-27(37)36-24-6-5-13-31-26(24)21-8-7-18(2)19(3)14-21/h5-17H,4H2,1-3H3,(H,30,34)(H2,35,36,37). The van der Waals surface area contributed by atoms with E-state index in [1.807, 2.05) is 62.5 Å². The van der Waals surface area contributed by atoms with Gasteiger partial charge in [-0.1, -0.05) is 23.5 Å². The lowest BCUT2D eigenvalue weighted by molar-refractivity contribution is 0.262. The molecule has 0 aliphatic rings. The fourth-order valence-corrected chi connectivity index (χ4v) is 4.67. The normalized spacial score (nSPS) is 10.6. The van der Waals surface area contributed by atoms with E-state index >= 15 is 0 Å². The number of rotatable bonds is 8. The zero-order valence-corrected chi connectivity index (χ0v) is 22.5. The fourth-order valence-electron chi connectivity index (χ4n) is 3.78. The maximum Gasteiger partial charge on any atom is 0.323 e. The molecule has 3 aromatic heterocycles. The summed E-state index contributed by atoms with van der Waals surface area (Å²) in [6.07, 6.45) is 6.53. The number of urea groups is 1. The van der Waals surface area contributed by atoms with E-state index in [1.165, 1.54) is 18.0 Å². The van der Waals surface area contributed by atoms with Crippen LogP contribution in [0.4, 0.5) is 21.3 Å². The Labute approximate surface area is 230 Å². The van der Waals surface area contributed by atoms with Gasteiger partial charge in [0, 0.05) is 24.5 Å². The average Bonchev–Trinajstić information content (AvgIpc) is 3.41. The number of hydrogen-bond donors (Lipinski definition) is 3. The van der Waals surface area contributed by atoms with E-state index in [4.69, 9.17) is 4.74 Å². The highest BCUT2D eigenvalue weighted by Gasteiger charge is 2.12. The number of carbonyl (C=O) groups excluding carboxylic acids is 1. The molecule has 0 radical (unpaired) electrons. The van der Waals surface area contributed by atoms with Gasteiger partial charge >= 0.3 is 12.0 Å². The van der Waals surface area contributed by atoms with E-state index in [1.54, 1.807) is 23.6 Å². The van der Waals surface area contributed by atoms with Gasteiger partial charge in [0.2, 0.25) is 0 Å². The monoisotopic (exact) mass is 537 g/mol. The molecule has 39 heavy (non-hydrogen) atoms. The van der Waals surface area contributed by atoms with Crippen LogP contribution in [0.3, 0.4) is 0 Å². The predicted molar refractivity (Wildman–Crippen MR) is 156 cm³/mol. The molecule has 0 unspecified atom stereocenters. The van der Waals surface area contributed by atoms with Crippen LogP contribution in [0.25, 0.3) is 21.7 Å².